The molecule has 1 fully saturated rings. The average Bonchev–Trinajstić information content (AvgIpc) is 2.14. The van der Waals surface area contributed by atoms with Crippen molar-refractivity contribution in [3.8, 4) is 0 Å². The van der Waals surface area contributed by atoms with Gasteiger partial charge in [-0.25, -0.2) is 4.79 Å². The summed E-state index contributed by atoms with van der Waals surface area (Å²) in [4.78, 5) is 21.2. The van der Waals surface area contributed by atoms with Crippen molar-refractivity contribution in [3.05, 3.63) is 0 Å². The van der Waals surface area contributed by atoms with Crippen molar-refractivity contribution in [1.82, 2.24) is 5.32 Å². The summed E-state index contributed by atoms with van der Waals surface area (Å²) in [7, 11) is 0. The summed E-state index contributed by atoms with van der Waals surface area (Å²) in [5.74, 6) is -0.840. The molecule has 0 saturated heterocycles. The first-order chi connectivity index (χ1) is 6.96. The SMILES string of the molecule is CC1(C)CCC(C(NC=O)C(=O)O)CC1. The highest BCUT2D eigenvalue weighted by molar-refractivity contribution is 5.76. The minimum atomic E-state index is -0.924. The number of amides is 1. The molecule has 0 aromatic heterocycles. The fourth-order valence-electron chi connectivity index (χ4n) is 2.24. The van der Waals surface area contributed by atoms with Gasteiger partial charge in [-0.3, -0.25) is 4.79 Å². The maximum absolute atomic E-state index is 10.9. The second kappa shape index (κ2) is 4.64. The lowest BCUT2D eigenvalue weighted by Crippen LogP contribution is -2.44. The Morgan fingerprint density at radius 1 is 1.47 bits per heavy atom. The van der Waals surface area contributed by atoms with Crippen LogP contribution in [0.15, 0.2) is 0 Å². The van der Waals surface area contributed by atoms with E-state index in [0.29, 0.717) is 11.8 Å². The highest BCUT2D eigenvalue weighted by atomic mass is 16.4. The van der Waals surface area contributed by atoms with Crippen molar-refractivity contribution < 1.29 is 14.7 Å². The molecule has 0 aliphatic heterocycles. The molecule has 4 heteroatoms. The van der Waals surface area contributed by atoms with Gasteiger partial charge in [-0.05, 0) is 37.0 Å². The van der Waals surface area contributed by atoms with Gasteiger partial charge in [0.2, 0.25) is 6.41 Å². The van der Waals surface area contributed by atoms with E-state index in [4.69, 9.17) is 5.11 Å². The Morgan fingerprint density at radius 2 is 2.00 bits per heavy atom. The second-order valence-electron chi connectivity index (χ2n) is 5.10. The van der Waals surface area contributed by atoms with E-state index >= 15 is 0 Å². The van der Waals surface area contributed by atoms with E-state index in [2.05, 4.69) is 19.2 Å². The molecule has 86 valence electrons. The van der Waals surface area contributed by atoms with Crippen molar-refractivity contribution in [2.75, 3.05) is 0 Å². The average molecular weight is 213 g/mol. The highest BCUT2D eigenvalue weighted by Crippen LogP contribution is 2.39. The molecule has 1 rings (SSSR count). The molecule has 0 bridgehead atoms. The lowest BCUT2D eigenvalue weighted by atomic mass is 9.71. The molecule has 0 heterocycles. The van der Waals surface area contributed by atoms with Crippen molar-refractivity contribution in [2.24, 2.45) is 11.3 Å². The zero-order chi connectivity index (χ0) is 11.5. The summed E-state index contributed by atoms with van der Waals surface area (Å²) >= 11 is 0. The Kier molecular flexibility index (Phi) is 3.72. The summed E-state index contributed by atoms with van der Waals surface area (Å²) < 4.78 is 0. The predicted molar refractivity (Wildman–Crippen MR) is 56.4 cm³/mol. The molecule has 0 spiro atoms. The number of rotatable bonds is 4. The fourth-order valence-corrected chi connectivity index (χ4v) is 2.24. The van der Waals surface area contributed by atoms with Crippen LogP contribution < -0.4 is 5.32 Å². The van der Waals surface area contributed by atoms with E-state index in [9.17, 15) is 9.59 Å². The van der Waals surface area contributed by atoms with Crippen molar-refractivity contribution in [3.63, 3.8) is 0 Å². The molecule has 15 heavy (non-hydrogen) atoms. The molecule has 1 aliphatic carbocycles. The Labute approximate surface area is 90.0 Å². The van der Waals surface area contributed by atoms with E-state index in [0.717, 1.165) is 25.7 Å². The number of carboxylic acids is 1. The Bertz CT molecular complexity index is 240. The number of carbonyl (C=O) groups is 2. The molecule has 1 saturated carbocycles. The third-order valence-corrected chi connectivity index (χ3v) is 3.37. The summed E-state index contributed by atoms with van der Waals surface area (Å²) in [5.41, 5.74) is 0.320. The van der Waals surface area contributed by atoms with Gasteiger partial charge in [0.1, 0.15) is 6.04 Å². The van der Waals surface area contributed by atoms with Gasteiger partial charge in [0, 0.05) is 0 Å². The quantitative estimate of drug-likeness (QED) is 0.694. The zero-order valence-corrected chi connectivity index (χ0v) is 9.32. The van der Waals surface area contributed by atoms with Gasteiger partial charge < -0.3 is 10.4 Å². The monoisotopic (exact) mass is 213 g/mol. The first kappa shape index (κ1) is 12.0. The minimum absolute atomic E-state index is 0.0840. The normalized spacial score (nSPS) is 23.1. The molecule has 1 atom stereocenters. The largest absolute Gasteiger partial charge is 0.480 e. The third kappa shape index (κ3) is 3.22. The highest BCUT2D eigenvalue weighted by Gasteiger charge is 2.34. The molecule has 2 N–H and O–H groups in total. The Morgan fingerprint density at radius 3 is 2.40 bits per heavy atom. The van der Waals surface area contributed by atoms with Crippen LogP contribution in [0.25, 0.3) is 0 Å². The smallest absolute Gasteiger partial charge is 0.326 e. The van der Waals surface area contributed by atoms with E-state index < -0.39 is 12.0 Å². The zero-order valence-electron chi connectivity index (χ0n) is 9.32. The van der Waals surface area contributed by atoms with Gasteiger partial charge in [0.25, 0.3) is 0 Å². The first-order valence-electron chi connectivity index (χ1n) is 5.39. The van der Waals surface area contributed by atoms with Crippen LogP contribution in [0, 0.1) is 11.3 Å². The van der Waals surface area contributed by atoms with E-state index in [-0.39, 0.29) is 5.92 Å². The van der Waals surface area contributed by atoms with Gasteiger partial charge in [-0.1, -0.05) is 13.8 Å². The number of hydrogen-bond acceptors (Lipinski definition) is 2. The lowest BCUT2D eigenvalue weighted by Gasteiger charge is -2.36. The van der Waals surface area contributed by atoms with Gasteiger partial charge in [0.15, 0.2) is 0 Å². The molecule has 1 aliphatic rings. The van der Waals surface area contributed by atoms with Crippen LogP contribution in [0.5, 0.6) is 0 Å². The van der Waals surface area contributed by atoms with Gasteiger partial charge >= 0.3 is 5.97 Å². The van der Waals surface area contributed by atoms with Crippen molar-refractivity contribution >= 4 is 12.4 Å². The van der Waals surface area contributed by atoms with Crippen LogP contribution in [-0.4, -0.2) is 23.5 Å². The van der Waals surface area contributed by atoms with Crippen molar-refractivity contribution in [1.29, 1.82) is 0 Å². The third-order valence-electron chi connectivity index (χ3n) is 3.37. The van der Waals surface area contributed by atoms with Gasteiger partial charge in [0.05, 0.1) is 0 Å². The molecule has 0 radical (unpaired) electrons. The van der Waals surface area contributed by atoms with Crippen LogP contribution in [0.2, 0.25) is 0 Å². The molecule has 0 aromatic carbocycles. The van der Waals surface area contributed by atoms with E-state index in [1.54, 1.807) is 0 Å². The number of hydrogen-bond donors (Lipinski definition) is 2. The molecule has 1 amide bonds. The van der Waals surface area contributed by atoms with Crippen LogP contribution >= 0.6 is 0 Å². The first-order valence-corrected chi connectivity index (χ1v) is 5.39. The number of aliphatic carboxylic acids is 1. The topological polar surface area (TPSA) is 66.4 Å². The summed E-state index contributed by atoms with van der Waals surface area (Å²) in [6.07, 6.45) is 4.30. The summed E-state index contributed by atoms with van der Waals surface area (Å²) in [6, 6.07) is -0.710. The predicted octanol–water partition coefficient (Wildman–Crippen LogP) is 1.40. The molecule has 4 nitrogen and oxygen atoms in total. The van der Waals surface area contributed by atoms with E-state index in [1.807, 2.05) is 0 Å². The van der Waals surface area contributed by atoms with Crippen LogP contribution in [-0.2, 0) is 9.59 Å². The second-order valence-corrected chi connectivity index (χ2v) is 5.10. The standard InChI is InChI=1S/C11H19NO3/c1-11(2)5-3-8(4-6-11)9(10(14)15)12-7-13/h7-9H,3-6H2,1-2H3,(H,12,13)(H,14,15). The van der Waals surface area contributed by atoms with Gasteiger partial charge in [-0.15, -0.1) is 0 Å². The summed E-state index contributed by atoms with van der Waals surface area (Å²) in [6.45, 7) is 4.40. The molecular weight excluding hydrogens is 194 g/mol. The number of carbonyl (C=O) groups excluding carboxylic acids is 1. The van der Waals surface area contributed by atoms with Crippen LogP contribution in [0.1, 0.15) is 39.5 Å². The Balaban J connectivity index is 2.56. The van der Waals surface area contributed by atoms with Crippen molar-refractivity contribution in [2.45, 2.75) is 45.6 Å². The molecular formula is C11H19NO3. The van der Waals surface area contributed by atoms with E-state index in [1.165, 1.54) is 0 Å². The van der Waals surface area contributed by atoms with Crippen LogP contribution in [0.4, 0.5) is 0 Å². The maximum Gasteiger partial charge on any atom is 0.326 e. The Hall–Kier alpha value is -1.06. The molecule has 1 unspecified atom stereocenters. The summed E-state index contributed by atoms with van der Waals surface area (Å²) in [5, 5.41) is 11.4. The number of carboxylic acid groups (broad SMARTS) is 1. The maximum atomic E-state index is 10.9. The molecule has 0 aromatic rings. The fraction of sp³-hybridized carbons (Fsp3) is 0.818. The van der Waals surface area contributed by atoms with Crippen LogP contribution in [0.3, 0.4) is 0 Å². The minimum Gasteiger partial charge on any atom is -0.480 e. The van der Waals surface area contributed by atoms with Gasteiger partial charge in [-0.2, -0.15) is 0 Å². The lowest BCUT2D eigenvalue weighted by molar-refractivity contribution is -0.142. The number of nitrogens with one attached hydrogen (secondary N) is 1.